The highest BCUT2D eigenvalue weighted by molar-refractivity contribution is 6.08. The van der Waals surface area contributed by atoms with Crippen LogP contribution in [0.1, 0.15) is 65.4 Å². The van der Waals surface area contributed by atoms with E-state index >= 15 is 4.79 Å². The number of carbonyl (C=O) groups is 3. The standard InChI is InChI=1S/C49H51N3O7/c1-31-45(48(2,3)36-19-23-40(58-5)24-20-36)43(27-44(54)51-29-35-13-7-6-12-34(35)26-38(51)30-53)59-49(31)41-15-8-9-16-42(41)52(47(49)56)28-32-11-10-14-37(25-32)50-46(55)33-17-21-39(57-4)22-18-33/h6-25,31,38,43,45,53H,26-30H2,1-5H3,(H,50,55)/t31-,38+,43+,45-,49+/m1/s1. The van der Waals surface area contributed by atoms with Crippen LogP contribution < -0.4 is 19.7 Å². The Kier molecular flexibility index (Phi) is 10.8. The summed E-state index contributed by atoms with van der Waals surface area (Å²) in [4.78, 5) is 46.6. The molecule has 0 radical (unpaired) electrons. The molecule has 8 rings (SSSR count). The van der Waals surface area contributed by atoms with E-state index in [9.17, 15) is 14.7 Å². The van der Waals surface area contributed by atoms with Crippen LogP contribution in [-0.4, -0.2) is 60.7 Å². The molecule has 0 unspecified atom stereocenters. The number of methoxy groups -OCH3 is 2. The summed E-state index contributed by atoms with van der Waals surface area (Å²) < 4.78 is 18.0. The van der Waals surface area contributed by atoms with Crippen LogP contribution in [-0.2, 0) is 44.9 Å². The SMILES string of the molecule is COc1ccc(C(=O)Nc2cccc(CN3C(=O)[C@@]4(O[C@@H](CC(=O)N5Cc6ccccc6C[C@H]5CO)[C@H](C(C)(C)c5ccc(OC)cc5)[C@H]4C)c4ccccc43)c2)cc1. The number of carbonyl (C=O) groups excluding carboxylic acids is 3. The largest absolute Gasteiger partial charge is 0.497 e. The third-order valence-corrected chi connectivity index (χ3v) is 12.9. The predicted octanol–water partition coefficient (Wildman–Crippen LogP) is 7.66. The Balaban J connectivity index is 1.12. The second-order valence-electron chi connectivity index (χ2n) is 16.5. The van der Waals surface area contributed by atoms with Gasteiger partial charge in [-0.25, -0.2) is 0 Å². The average molecular weight is 794 g/mol. The molecule has 1 saturated heterocycles. The van der Waals surface area contributed by atoms with Crippen LogP contribution in [0.4, 0.5) is 11.4 Å². The van der Waals surface area contributed by atoms with Crippen LogP contribution in [0.25, 0.3) is 0 Å². The number of hydrogen-bond donors (Lipinski definition) is 2. The molecule has 5 aromatic rings. The van der Waals surface area contributed by atoms with Gasteiger partial charge in [0.2, 0.25) is 5.91 Å². The lowest BCUT2D eigenvalue weighted by molar-refractivity contribution is -0.151. The number of para-hydroxylation sites is 1. The van der Waals surface area contributed by atoms with E-state index in [1.807, 2.05) is 78.9 Å². The van der Waals surface area contributed by atoms with Crippen molar-refractivity contribution in [1.82, 2.24) is 4.90 Å². The first-order chi connectivity index (χ1) is 28.5. The van der Waals surface area contributed by atoms with E-state index in [2.05, 4.69) is 44.3 Å². The minimum Gasteiger partial charge on any atom is -0.497 e. The predicted molar refractivity (Wildman–Crippen MR) is 226 cm³/mol. The summed E-state index contributed by atoms with van der Waals surface area (Å²) in [6.07, 6.45) is -0.0295. The lowest BCUT2D eigenvalue weighted by Gasteiger charge is -2.40. The summed E-state index contributed by atoms with van der Waals surface area (Å²) in [5, 5.41) is 13.5. The number of benzene rings is 5. The summed E-state index contributed by atoms with van der Waals surface area (Å²) in [5.41, 5.74) is 4.75. The maximum atomic E-state index is 15.3. The summed E-state index contributed by atoms with van der Waals surface area (Å²) in [7, 11) is 3.22. The molecule has 0 aliphatic carbocycles. The third kappa shape index (κ3) is 7.14. The van der Waals surface area contributed by atoms with Crippen LogP contribution in [0.15, 0.2) is 121 Å². The molecular formula is C49H51N3O7. The van der Waals surface area contributed by atoms with Gasteiger partial charge >= 0.3 is 0 Å². The molecule has 3 aliphatic rings. The molecule has 1 spiro atoms. The Labute approximate surface area is 345 Å². The number of hydrogen-bond acceptors (Lipinski definition) is 7. The number of anilines is 2. The van der Waals surface area contributed by atoms with Gasteiger partial charge in [0.05, 0.1) is 51.6 Å². The second kappa shape index (κ2) is 16.0. The quantitative estimate of drug-likeness (QED) is 0.141. The van der Waals surface area contributed by atoms with E-state index < -0.39 is 17.1 Å². The Morgan fingerprint density at radius 3 is 2.22 bits per heavy atom. The molecule has 5 atom stereocenters. The van der Waals surface area contributed by atoms with Crippen molar-refractivity contribution in [3.63, 3.8) is 0 Å². The molecule has 5 aromatic carbocycles. The number of aliphatic hydroxyl groups is 1. The molecule has 3 aliphatic heterocycles. The highest BCUT2D eigenvalue weighted by Crippen LogP contribution is 2.60. The maximum absolute atomic E-state index is 15.3. The molecule has 3 heterocycles. The normalized spacial score (nSPS) is 22.2. The maximum Gasteiger partial charge on any atom is 0.264 e. The molecule has 59 heavy (non-hydrogen) atoms. The first-order valence-electron chi connectivity index (χ1n) is 20.2. The van der Waals surface area contributed by atoms with E-state index in [-0.39, 0.29) is 55.2 Å². The van der Waals surface area contributed by atoms with Gasteiger partial charge < -0.3 is 34.4 Å². The fourth-order valence-corrected chi connectivity index (χ4v) is 9.83. The molecule has 304 valence electrons. The van der Waals surface area contributed by atoms with Crippen molar-refractivity contribution in [2.45, 2.75) is 69.9 Å². The van der Waals surface area contributed by atoms with E-state index in [1.165, 1.54) is 0 Å². The van der Waals surface area contributed by atoms with Crippen LogP contribution in [0.3, 0.4) is 0 Å². The highest BCUT2D eigenvalue weighted by atomic mass is 16.5. The van der Waals surface area contributed by atoms with Crippen molar-refractivity contribution >= 4 is 29.1 Å². The minimum absolute atomic E-state index is 0.0421. The highest BCUT2D eigenvalue weighted by Gasteiger charge is 2.66. The van der Waals surface area contributed by atoms with Gasteiger partial charge in [-0.15, -0.1) is 0 Å². The van der Waals surface area contributed by atoms with Gasteiger partial charge in [-0.2, -0.15) is 0 Å². The zero-order chi connectivity index (χ0) is 41.5. The molecule has 10 nitrogen and oxygen atoms in total. The van der Waals surface area contributed by atoms with Gasteiger partial charge in [-0.1, -0.05) is 87.5 Å². The van der Waals surface area contributed by atoms with Crippen LogP contribution >= 0.6 is 0 Å². The number of nitrogens with one attached hydrogen (secondary N) is 1. The van der Waals surface area contributed by atoms with Gasteiger partial charge in [0, 0.05) is 35.2 Å². The minimum atomic E-state index is -1.37. The van der Waals surface area contributed by atoms with Crippen LogP contribution in [0.5, 0.6) is 11.5 Å². The monoisotopic (exact) mass is 793 g/mol. The molecule has 0 bridgehead atoms. The summed E-state index contributed by atoms with van der Waals surface area (Å²) in [6, 6.07) is 37.9. The summed E-state index contributed by atoms with van der Waals surface area (Å²) >= 11 is 0. The van der Waals surface area contributed by atoms with E-state index in [4.69, 9.17) is 14.2 Å². The lowest BCUT2D eigenvalue weighted by atomic mass is 9.63. The van der Waals surface area contributed by atoms with Gasteiger partial charge in [0.1, 0.15) is 11.5 Å². The number of aliphatic hydroxyl groups excluding tert-OH is 1. The molecular weight excluding hydrogens is 743 g/mol. The topological polar surface area (TPSA) is 118 Å². The second-order valence-corrected chi connectivity index (χ2v) is 16.5. The zero-order valence-electron chi connectivity index (χ0n) is 34.2. The summed E-state index contributed by atoms with van der Waals surface area (Å²) in [5.74, 6) is 0.194. The first kappa shape index (κ1) is 39.8. The number of amides is 3. The van der Waals surface area contributed by atoms with Crippen LogP contribution in [0.2, 0.25) is 0 Å². The zero-order valence-corrected chi connectivity index (χ0v) is 34.2. The number of rotatable bonds is 11. The lowest BCUT2D eigenvalue weighted by Crippen LogP contribution is -2.48. The van der Waals surface area contributed by atoms with Gasteiger partial charge in [-0.3, -0.25) is 14.4 Å². The number of fused-ring (bicyclic) bond motifs is 3. The van der Waals surface area contributed by atoms with Crippen molar-refractivity contribution in [3.05, 3.63) is 155 Å². The molecule has 3 amide bonds. The molecule has 1 fully saturated rings. The van der Waals surface area contributed by atoms with Crippen molar-refractivity contribution in [3.8, 4) is 11.5 Å². The molecule has 0 aromatic heterocycles. The molecule has 0 saturated carbocycles. The third-order valence-electron chi connectivity index (χ3n) is 12.9. The summed E-state index contributed by atoms with van der Waals surface area (Å²) in [6.45, 7) is 6.90. The van der Waals surface area contributed by atoms with Crippen molar-refractivity contribution < 1.29 is 33.7 Å². The Morgan fingerprint density at radius 1 is 0.864 bits per heavy atom. The Hall–Kier alpha value is -5.97. The smallest absolute Gasteiger partial charge is 0.264 e. The molecule has 2 N–H and O–H groups in total. The van der Waals surface area contributed by atoms with E-state index in [1.54, 1.807) is 48.3 Å². The Morgan fingerprint density at radius 2 is 1.53 bits per heavy atom. The number of nitrogens with zero attached hydrogens (tertiary/aromatic N) is 2. The van der Waals surface area contributed by atoms with Crippen molar-refractivity contribution in [2.24, 2.45) is 11.8 Å². The van der Waals surface area contributed by atoms with E-state index in [0.29, 0.717) is 30.0 Å². The molecule has 10 heteroatoms. The fourth-order valence-electron chi connectivity index (χ4n) is 9.83. The Bertz CT molecular complexity index is 2360. The van der Waals surface area contributed by atoms with Gasteiger partial charge in [-0.05, 0) is 88.7 Å². The fraction of sp³-hybridized carbons (Fsp3) is 0.327. The van der Waals surface area contributed by atoms with Crippen molar-refractivity contribution in [2.75, 3.05) is 31.0 Å². The van der Waals surface area contributed by atoms with Crippen LogP contribution in [0, 0.1) is 11.8 Å². The first-order valence-corrected chi connectivity index (χ1v) is 20.2. The number of ether oxygens (including phenoxy) is 3. The average Bonchev–Trinajstić information content (AvgIpc) is 3.68. The van der Waals surface area contributed by atoms with Crippen molar-refractivity contribution in [1.29, 1.82) is 0 Å². The van der Waals surface area contributed by atoms with E-state index in [0.717, 1.165) is 39.3 Å². The van der Waals surface area contributed by atoms with Gasteiger partial charge in [0.25, 0.3) is 11.8 Å². The van der Waals surface area contributed by atoms with Gasteiger partial charge in [0.15, 0.2) is 5.60 Å².